The van der Waals surface area contributed by atoms with E-state index in [2.05, 4.69) is 17.6 Å². The summed E-state index contributed by atoms with van der Waals surface area (Å²) in [6, 6.07) is 14.9. The van der Waals surface area contributed by atoms with Crippen LogP contribution in [0.5, 0.6) is 0 Å². The van der Waals surface area contributed by atoms with Crippen LogP contribution in [0.1, 0.15) is 12.5 Å². The Labute approximate surface area is 134 Å². The van der Waals surface area contributed by atoms with Gasteiger partial charge in [-0.2, -0.15) is 5.26 Å². The van der Waals surface area contributed by atoms with Crippen molar-refractivity contribution < 1.29 is 9.18 Å². The molecule has 0 unspecified atom stereocenters. The molecule has 2 N–H and O–H groups in total. The van der Waals surface area contributed by atoms with Crippen LogP contribution in [0.15, 0.2) is 60.3 Å². The van der Waals surface area contributed by atoms with Crippen molar-refractivity contribution in [3.05, 3.63) is 71.7 Å². The van der Waals surface area contributed by atoms with Crippen LogP contribution in [0.2, 0.25) is 0 Å². The van der Waals surface area contributed by atoms with E-state index in [0.29, 0.717) is 5.69 Å². The number of hydrogen-bond acceptors (Lipinski definition) is 3. The number of carbonyl (C=O) groups excluding carboxylic acids is 1. The molecule has 0 radical (unpaired) electrons. The van der Waals surface area contributed by atoms with Crippen LogP contribution in [0, 0.1) is 17.1 Å². The molecule has 0 aliphatic heterocycles. The number of nitrogens with one attached hydrogen (secondary N) is 2. The number of hydrogen-bond donors (Lipinski definition) is 2. The van der Waals surface area contributed by atoms with Crippen molar-refractivity contribution in [3.63, 3.8) is 0 Å². The van der Waals surface area contributed by atoms with Crippen LogP contribution >= 0.6 is 0 Å². The molecule has 0 heterocycles. The zero-order valence-corrected chi connectivity index (χ0v) is 12.6. The Balaban J connectivity index is 2.03. The van der Waals surface area contributed by atoms with E-state index in [-0.39, 0.29) is 5.57 Å². The third kappa shape index (κ3) is 4.68. The van der Waals surface area contributed by atoms with Gasteiger partial charge in [-0.25, -0.2) is 4.39 Å². The molecule has 23 heavy (non-hydrogen) atoms. The summed E-state index contributed by atoms with van der Waals surface area (Å²) in [7, 11) is 0. The Bertz CT molecular complexity index is 743. The fourth-order valence-electron chi connectivity index (χ4n) is 1.87. The van der Waals surface area contributed by atoms with Crippen molar-refractivity contribution in [2.45, 2.75) is 13.3 Å². The molecule has 2 aromatic rings. The second kappa shape index (κ2) is 7.76. The van der Waals surface area contributed by atoms with Crippen LogP contribution in [0.25, 0.3) is 0 Å². The summed E-state index contributed by atoms with van der Waals surface area (Å²) in [5.41, 5.74) is 2.33. The average Bonchev–Trinajstić information content (AvgIpc) is 2.58. The summed E-state index contributed by atoms with van der Waals surface area (Å²) >= 11 is 0. The molecule has 2 aromatic carbocycles. The summed E-state index contributed by atoms with van der Waals surface area (Å²) in [4.78, 5) is 12.0. The fourth-order valence-corrected chi connectivity index (χ4v) is 1.87. The Morgan fingerprint density at radius 1 is 1.13 bits per heavy atom. The first-order valence-corrected chi connectivity index (χ1v) is 7.15. The first-order chi connectivity index (χ1) is 11.1. The molecular weight excluding hydrogens is 293 g/mol. The minimum Gasteiger partial charge on any atom is -0.360 e. The van der Waals surface area contributed by atoms with E-state index in [9.17, 15) is 9.18 Å². The number of nitrogens with zero attached hydrogens (tertiary/aromatic N) is 1. The van der Waals surface area contributed by atoms with Crippen molar-refractivity contribution in [1.82, 2.24) is 0 Å². The van der Waals surface area contributed by atoms with E-state index < -0.39 is 11.7 Å². The highest BCUT2D eigenvalue weighted by Crippen LogP contribution is 2.12. The molecule has 0 atom stereocenters. The number of carbonyl (C=O) groups is 1. The van der Waals surface area contributed by atoms with Crippen LogP contribution < -0.4 is 10.6 Å². The van der Waals surface area contributed by atoms with Crippen LogP contribution in [0.3, 0.4) is 0 Å². The molecule has 1 amide bonds. The van der Waals surface area contributed by atoms with Gasteiger partial charge in [0.1, 0.15) is 17.5 Å². The second-order valence-corrected chi connectivity index (χ2v) is 4.83. The normalized spacial score (nSPS) is 10.7. The Kier molecular flexibility index (Phi) is 5.48. The lowest BCUT2D eigenvalue weighted by Gasteiger charge is -2.05. The maximum absolute atomic E-state index is 12.8. The maximum Gasteiger partial charge on any atom is 0.267 e. The molecule has 4 nitrogen and oxygen atoms in total. The number of nitriles is 1. The van der Waals surface area contributed by atoms with E-state index >= 15 is 0 Å². The lowest BCUT2D eigenvalue weighted by Crippen LogP contribution is -2.14. The molecule has 0 aromatic heterocycles. The van der Waals surface area contributed by atoms with Gasteiger partial charge >= 0.3 is 0 Å². The predicted octanol–water partition coefficient (Wildman–Crippen LogP) is 3.85. The monoisotopic (exact) mass is 309 g/mol. The molecule has 0 spiro atoms. The van der Waals surface area contributed by atoms with Crippen molar-refractivity contribution in [2.75, 3.05) is 10.6 Å². The van der Waals surface area contributed by atoms with Crippen molar-refractivity contribution >= 4 is 17.3 Å². The molecule has 0 aliphatic rings. The molecular formula is C18H16FN3O. The number of halogens is 1. The number of benzene rings is 2. The van der Waals surface area contributed by atoms with E-state index in [4.69, 9.17) is 5.26 Å². The SMILES string of the molecule is CCc1ccc(N/C=C(/C#N)C(=O)Nc2ccc(F)cc2)cc1. The maximum atomic E-state index is 12.8. The highest BCUT2D eigenvalue weighted by Gasteiger charge is 2.09. The van der Waals surface area contributed by atoms with Gasteiger partial charge < -0.3 is 10.6 Å². The number of anilines is 2. The first-order valence-electron chi connectivity index (χ1n) is 7.15. The fraction of sp³-hybridized carbons (Fsp3) is 0.111. The summed E-state index contributed by atoms with van der Waals surface area (Å²) in [5, 5.41) is 14.6. The molecule has 5 heteroatoms. The molecule has 116 valence electrons. The standard InChI is InChI=1S/C18H16FN3O/c1-2-13-3-7-16(8-4-13)21-12-14(11-20)18(23)22-17-9-5-15(19)6-10-17/h3-10,12,21H,2H2,1H3,(H,22,23)/b14-12-. The van der Waals surface area contributed by atoms with E-state index in [1.54, 1.807) is 0 Å². The molecule has 2 rings (SSSR count). The summed E-state index contributed by atoms with van der Waals surface area (Å²) in [6.07, 6.45) is 2.29. The summed E-state index contributed by atoms with van der Waals surface area (Å²) in [6.45, 7) is 2.07. The predicted molar refractivity (Wildman–Crippen MR) is 88.2 cm³/mol. The third-order valence-electron chi connectivity index (χ3n) is 3.21. The highest BCUT2D eigenvalue weighted by atomic mass is 19.1. The van der Waals surface area contributed by atoms with Crippen LogP contribution in [0.4, 0.5) is 15.8 Å². The van der Waals surface area contributed by atoms with Crippen molar-refractivity contribution in [2.24, 2.45) is 0 Å². The van der Waals surface area contributed by atoms with Crippen molar-refractivity contribution in [3.8, 4) is 6.07 Å². The van der Waals surface area contributed by atoms with Gasteiger partial charge in [0.15, 0.2) is 0 Å². The van der Waals surface area contributed by atoms with E-state index in [1.165, 1.54) is 36.0 Å². The molecule has 0 saturated heterocycles. The molecule has 0 saturated carbocycles. The second-order valence-electron chi connectivity index (χ2n) is 4.83. The quantitative estimate of drug-likeness (QED) is 0.651. The number of amides is 1. The molecule has 0 aliphatic carbocycles. The lowest BCUT2D eigenvalue weighted by atomic mass is 10.1. The minimum atomic E-state index is -0.559. The van der Waals surface area contributed by atoms with Crippen LogP contribution in [-0.2, 0) is 11.2 Å². The topological polar surface area (TPSA) is 64.9 Å². The van der Waals surface area contributed by atoms with Crippen LogP contribution in [-0.4, -0.2) is 5.91 Å². The third-order valence-corrected chi connectivity index (χ3v) is 3.21. The number of aryl methyl sites for hydroxylation is 1. The summed E-state index contributed by atoms with van der Waals surface area (Å²) in [5.74, 6) is -0.951. The van der Waals surface area contributed by atoms with Gasteiger partial charge in [-0.15, -0.1) is 0 Å². The first kappa shape index (κ1) is 16.2. The van der Waals surface area contributed by atoms with Gasteiger partial charge in [0.2, 0.25) is 0 Å². The van der Waals surface area contributed by atoms with Gasteiger partial charge in [-0.05, 0) is 48.4 Å². The van der Waals surface area contributed by atoms with Gasteiger partial charge in [0.25, 0.3) is 5.91 Å². The Hall–Kier alpha value is -3.13. The highest BCUT2D eigenvalue weighted by molar-refractivity contribution is 6.06. The van der Waals surface area contributed by atoms with Gasteiger partial charge in [0.05, 0.1) is 0 Å². The molecule has 0 fully saturated rings. The van der Waals surface area contributed by atoms with Gasteiger partial charge in [0, 0.05) is 17.6 Å². The Morgan fingerprint density at radius 2 is 1.74 bits per heavy atom. The zero-order valence-electron chi connectivity index (χ0n) is 12.6. The van der Waals surface area contributed by atoms with Gasteiger partial charge in [-0.3, -0.25) is 4.79 Å². The van der Waals surface area contributed by atoms with Gasteiger partial charge in [-0.1, -0.05) is 19.1 Å². The van der Waals surface area contributed by atoms with E-state index in [0.717, 1.165) is 12.1 Å². The minimum absolute atomic E-state index is 0.0751. The largest absolute Gasteiger partial charge is 0.360 e. The molecule has 0 bridgehead atoms. The Morgan fingerprint density at radius 3 is 2.30 bits per heavy atom. The lowest BCUT2D eigenvalue weighted by molar-refractivity contribution is -0.112. The average molecular weight is 309 g/mol. The summed E-state index contributed by atoms with van der Waals surface area (Å²) < 4.78 is 12.8. The van der Waals surface area contributed by atoms with Crippen molar-refractivity contribution in [1.29, 1.82) is 5.26 Å². The smallest absolute Gasteiger partial charge is 0.267 e. The van der Waals surface area contributed by atoms with E-state index in [1.807, 2.05) is 30.3 Å². The zero-order chi connectivity index (χ0) is 16.7. The number of rotatable bonds is 5.